The third-order valence-electron chi connectivity index (χ3n) is 2.95. The van der Waals surface area contributed by atoms with E-state index in [0.29, 0.717) is 5.69 Å². The van der Waals surface area contributed by atoms with Gasteiger partial charge < -0.3 is 15.2 Å². The molecule has 1 aromatic carbocycles. The fourth-order valence-corrected chi connectivity index (χ4v) is 2.02. The Hall–Kier alpha value is -1.75. The van der Waals surface area contributed by atoms with Crippen molar-refractivity contribution in [2.75, 3.05) is 12.4 Å². The number of methoxy groups -OCH3 is 1. The summed E-state index contributed by atoms with van der Waals surface area (Å²) in [6.45, 7) is 3.83. The second-order valence-electron chi connectivity index (χ2n) is 4.52. The molecule has 0 aliphatic rings. The minimum atomic E-state index is -1.14. The molecule has 0 aliphatic heterocycles. The van der Waals surface area contributed by atoms with Crippen LogP contribution in [-0.4, -0.2) is 24.1 Å². The van der Waals surface area contributed by atoms with Crippen molar-refractivity contribution in [1.29, 1.82) is 0 Å². The van der Waals surface area contributed by atoms with Crippen LogP contribution in [0.4, 0.5) is 5.69 Å². The van der Waals surface area contributed by atoms with Crippen LogP contribution in [0.25, 0.3) is 0 Å². The topological polar surface area (TPSA) is 75.6 Å². The van der Waals surface area contributed by atoms with Gasteiger partial charge in [0.05, 0.1) is 17.8 Å². The van der Waals surface area contributed by atoms with E-state index in [4.69, 9.17) is 21.4 Å². The molecule has 0 bridgehead atoms. The average Bonchev–Trinajstić information content (AvgIpc) is 2.40. The van der Waals surface area contributed by atoms with Crippen molar-refractivity contribution in [3.63, 3.8) is 0 Å². The van der Waals surface area contributed by atoms with Gasteiger partial charge in [0.2, 0.25) is 5.91 Å². The lowest BCUT2D eigenvalue weighted by molar-refractivity contribution is -0.119. The molecule has 0 spiro atoms. The zero-order valence-electron chi connectivity index (χ0n) is 11.7. The number of amides is 1. The SMILES string of the molecule is CCCC(C)C(=O)Nc1cc(OC)c(C(=O)O)cc1Cl. The Kier molecular flexibility index (Phi) is 5.82. The van der Waals surface area contributed by atoms with Crippen LogP contribution in [0, 0.1) is 5.92 Å². The number of aromatic carboxylic acids is 1. The molecule has 0 fully saturated rings. The number of carbonyl (C=O) groups excluding carboxylic acids is 1. The van der Waals surface area contributed by atoms with E-state index in [1.165, 1.54) is 19.2 Å². The van der Waals surface area contributed by atoms with Crippen molar-refractivity contribution < 1.29 is 19.4 Å². The van der Waals surface area contributed by atoms with Gasteiger partial charge in [-0.25, -0.2) is 4.79 Å². The van der Waals surface area contributed by atoms with E-state index >= 15 is 0 Å². The number of carboxylic acid groups (broad SMARTS) is 1. The highest BCUT2D eigenvalue weighted by molar-refractivity contribution is 6.34. The van der Waals surface area contributed by atoms with Crippen molar-refractivity contribution >= 4 is 29.2 Å². The molecule has 0 aliphatic carbocycles. The lowest BCUT2D eigenvalue weighted by atomic mass is 10.1. The molecule has 6 heteroatoms. The van der Waals surface area contributed by atoms with Crippen LogP contribution in [0.1, 0.15) is 37.0 Å². The number of ether oxygens (including phenoxy) is 1. The lowest BCUT2D eigenvalue weighted by Gasteiger charge is -2.14. The summed E-state index contributed by atoms with van der Waals surface area (Å²) in [5.74, 6) is -1.28. The van der Waals surface area contributed by atoms with Crippen LogP contribution in [-0.2, 0) is 4.79 Å². The number of anilines is 1. The molecule has 0 aromatic heterocycles. The van der Waals surface area contributed by atoms with Gasteiger partial charge in [0.1, 0.15) is 11.3 Å². The summed E-state index contributed by atoms with van der Waals surface area (Å²) >= 11 is 5.99. The maximum Gasteiger partial charge on any atom is 0.339 e. The van der Waals surface area contributed by atoms with Gasteiger partial charge in [-0.15, -0.1) is 0 Å². The van der Waals surface area contributed by atoms with Gasteiger partial charge in [-0.3, -0.25) is 4.79 Å². The fourth-order valence-electron chi connectivity index (χ4n) is 1.81. The standard InChI is InChI=1S/C14H18ClNO4/c1-4-5-8(2)13(17)16-11-7-12(20-3)9(14(18)19)6-10(11)15/h6-8H,4-5H2,1-3H3,(H,16,17)(H,18,19). The molecule has 0 radical (unpaired) electrons. The number of rotatable bonds is 6. The summed E-state index contributed by atoms with van der Waals surface area (Å²) in [6, 6.07) is 2.69. The van der Waals surface area contributed by atoms with Gasteiger partial charge >= 0.3 is 5.97 Å². The summed E-state index contributed by atoms with van der Waals surface area (Å²) in [7, 11) is 1.36. The average molecular weight is 300 g/mol. The molecule has 1 rings (SSSR count). The maximum atomic E-state index is 11.9. The summed E-state index contributed by atoms with van der Waals surface area (Å²) in [5.41, 5.74) is 0.304. The fraction of sp³-hybridized carbons (Fsp3) is 0.429. The van der Waals surface area contributed by atoms with E-state index in [1.807, 2.05) is 13.8 Å². The van der Waals surface area contributed by atoms with Gasteiger partial charge in [-0.1, -0.05) is 31.9 Å². The smallest absolute Gasteiger partial charge is 0.339 e. The molecule has 0 saturated heterocycles. The molecule has 1 aromatic rings. The Balaban J connectivity index is 3.02. The second-order valence-corrected chi connectivity index (χ2v) is 4.92. The van der Waals surface area contributed by atoms with E-state index in [0.717, 1.165) is 12.8 Å². The minimum Gasteiger partial charge on any atom is -0.496 e. The third kappa shape index (κ3) is 3.87. The van der Waals surface area contributed by atoms with Gasteiger partial charge in [-0.05, 0) is 12.5 Å². The van der Waals surface area contributed by atoms with E-state index < -0.39 is 5.97 Å². The van der Waals surface area contributed by atoms with Gasteiger partial charge in [0, 0.05) is 12.0 Å². The Morgan fingerprint density at radius 2 is 2.10 bits per heavy atom. The van der Waals surface area contributed by atoms with Crippen molar-refractivity contribution in [3.05, 3.63) is 22.7 Å². The van der Waals surface area contributed by atoms with Crippen LogP contribution in [0.3, 0.4) is 0 Å². The molecule has 0 saturated carbocycles. The molecule has 1 unspecified atom stereocenters. The summed E-state index contributed by atoms with van der Waals surface area (Å²) in [6.07, 6.45) is 1.68. The first-order valence-electron chi connectivity index (χ1n) is 6.32. The van der Waals surface area contributed by atoms with E-state index in [9.17, 15) is 9.59 Å². The third-order valence-corrected chi connectivity index (χ3v) is 3.26. The quantitative estimate of drug-likeness (QED) is 0.844. The van der Waals surface area contributed by atoms with Gasteiger partial charge in [0.25, 0.3) is 0 Å². The summed E-state index contributed by atoms with van der Waals surface area (Å²) < 4.78 is 5.00. The second kappa shape index (κ2) is 7.14. The van der Waals surface area contributed by atoms with Crippen LogP contribution >= 0.6 is 11.6 Å². The van der Waals surface area contributed by atoms with Crippen molar-refractivity contribution in [2.24, 2.45) is 5.92 Å². The Bertz CT molecular complexity index is 516. The molecule has 2 N–H and O–H groups in total. The number of hydrogen-bond donors (Lipinski definition) is 2. The first kappa shape index (κ1) is 16.3. The normalized spacial score (nSPS) is 11.8. The zero-order chi connectivity index (χ0) is 15.3. The zero-order valence-corrected chi connectivity index (χ0v) is 12.5. The van der Waals surface area contributed by atoms with Crippen LogP contribution in [0.5, 0.6) is 5.75 Å². The molecule has 1 atom stereocenters. The highest BCUT2D eigenvalue weighted by Crippen LogP contribution is 2.31. The number of hydrogen-bond acceptors (Lipinski definition) is 3. The highest BCUT2D eigenvalue weighted by Gasteiger charge is 2.18. The number of nitrogens with one attached hydrogen (secondary N) is 1. The maximum absolute atomic E-state index is 11.9. The largest absolute Gasteiger partial charge is 0.496 e. The number of halogens is 1. The van der Waals surface area contributed by atoms with Gasteiger partial charge in [0.15, 0.2) is 0 Å². The van der Waals surface area contributed by atoms with Gasteiger partial charge in [-0.2, -0.15) is 0 Å². The predicted octanol–water partition coefficient (Wildman–Crippen LogP) is 3.42. The Morgan fingerprint density at radius 1 is 1.45 bits per heavy atom. The lowest BCUT2D eigenvalue weighted by Crippen LogP contribution is -2.20. The Morgan fingerprint density at radius 3 is 2.60 bits per heavy atom. The van der Waals surface area contributed by atoms with Crippen LogP contribution in [0.2, 0.25) is 5.02 Å². The first-order chi connectivity index (χ1) is 9.40. The van der Waals surface area contributed by atoms with E-state index in [2.05, 4.69) is 5.32 Å². The number of benzene rings is 1. The molecular formula is C14H18ClNO4. The van der Waals surface area contributed by atoms with E-state index in [-0.39, 0.29) is 28.2 Å². The monoisotopic (exact) mass is 299 g/mol. The number of carbonyl (C=O) groups is 2. The van der Waals surface area contributed by atoms with Crippen LogP contribution < -0.4 is 10.1 Å². The number of carboxylic acids is 1. The van der Waals surface area contributed by atoms with Crippen LogP contribution in [0.15, 0.2) is 12.1 Å². The van der Waals surface area contributed by atoms with Crippen molar-refractivity contribution in [2.45, 2.75) is 26.7 Å². The summed E-state index contributed by atoms with van der Waals surface area (Å²) in [5, 5.41) is 11.9. The Labute approximate surface area is 122 Å². The molecule has 1 amide bonds. The highest BCUT2D eigenvalue weighted by atomic mass is 35.5. The minimum absolute atomic E-state index is 0.0443. The first-order valence-corrected chi connectivity index (χ1v) is 6.70. The molecule has 20 heavy (non-hydrogen) atoms. The van der Waals surface area contributed by atoms with E-state index in [1.54, 1.807) is 0 Å². The predicted molar refractivity (Wildman–Crippen MR) is 77.7 cm³/mol. The summed E-state index contributed by atoms with van der Waals surface area (Å²) in [4.78, 5) is 23.0. The molecule has 5 nitrogen and oxygen atoms in total. The van der Waals surface area contributed by atoms with Crippen molar-refractivity contribution in [3.8, 4) is 5.75 Å². The van der Waals surface area contributed by atoms with Crippen molar-refractivity contribution in [1.82, 2.24) is 0 Å². The molecular weight excluding hydrogens is 282 g/mol. The molecule has 0 heterocycles. The molecule has 110 valence electrons.